The molecule has 0 aliphatic carbocycles. The molecule has 0 saturated carbocycles. The van der Waals surface area contributed by atoms with Gasteiger partial charge in [0, 0.05) is 28.7 Å². The van der Waals surface area contributed by atoms with Gasteiger partial charge in [0.2, 0.25) is 21.8 Å². The van der Waals surface area contributed by atoms with E-state index in [0.717, 1.165) is 16.1 Å². The largest absolute Gasteiger partial charge is 0.355 e. The molecule has 35 heavy (non-hydrogen) atoms. The second kappa shape index (κ2) is 12.6. The third kappa shape index (κ3) is 7.59. The molecule has 2 rings (SSSR count). The number of sulfonamides is 1. The summed E-state index contributed by atoms with van der Waals surface area (Å²) in [5.74, 6) is -0.605. The first kappa shape index (κ1) is 28.9. The van der Waals surface area contributed by atoms with Gasteiger partial charge in [-0.25, -0.2) is 8.42 Å². The first-order valence-corrected chi connectivity index (χ1v) is 14.1. The summed E-state index contributed by atoms with van der Waals surface area (Å²) < 4.78 is 26.4. The molecule has 7 nitrogen and oxygen atoms in total. The van der Waals surface area contributed by atoms with Crippen LogP contribution < -0.4 is 9.62 Å². The van der Waals surface area contributed by atoms with E-state index in [1.54, 1.807) is 44.2 Å². The zero-order chi connectivity index (χ0) is 26.3. The number of carbonyl (C=O) groups excluding carboxylic acids is 2. The lowest BCUT2D eigenvalue weighted by molar-refractivity contribution is -0.140. The molecule has 1 N–H and O–H groups in total. The summed E-state index contributed by atoms with van der Waals surface area (Å²) in [4.78, 5) is 27.8. The lowest BCUT2D eigenvalue weighted by Gasteiger charge is -2.33. The summed E-state index contributed by atoms with van der Waals surface area (Å²) >= 11 is 12.7. The minimum Gasteiger partial charge on any atom is -0.355 e. The molecule has 0 spiro atoms. The number of nitrogens with one attached hydrogen (secondary N) is 1. The monoisotopic (exact) mass is 541 g/mol. The van der Waals surface area contributed by atoms with E-state index in [4.69, 9.17) is 23.2 Å². The Morgan fingerprint density at radius 1 is 1.00 bits per heavy atom. The van der Waals surface area contributed by atoms with E-state index in [9.17, 15) is 18.0 Å². The summed E-state index contributed by atoms with van der Waals surface area (Å²) in [7, 11) is -3.80. The van der Waals surface area contributed by atoms with E-state index in [2.05, 4.69) is 5.32 Å². The van der Waals surface area contributed by atoms with Crippen LogP contribution in [0.25, 0.3) is 0 Å². The number of carbonyl (C=O) groups is 2. The summed E-state index contributed by atoms with van der Waals surface area (Å²) in [5, 5.41) is 3.45. The van der Waals surface area contributed by atoms with E-state index in [1.807, 2.05) is 26.0 Å². The minimum atomic E-state index is -3.80. The highest BCUT2D eigenvalue weighted by atomic mass is 35.5. The number of nitrogens with zero attached hydrogens (tertiary/aromatic N) is 2. The average molecular weight is 543 g/mol. The van der Waals surface area contributed by atoms with Crippen molar-refractivity contribution >= 4 is 50.7 Å². The van der Waals surface area contributed by atoms with Gasteiger partial charge in [0.15, 0.2) is 0 Å². The van der Waals surface area contributed by atoms with Gasteiger partial charge in [-0.2, -0.15) is 0 Å². The second-order valence-electron chi connectivity index (χ2n) is 8.56. The van der Waals surface area contributed by atoms with E-state index in [-0.39, 0.29) is 18.4 Å². The Balaban J connectivity index is 2.48. The summed E-state index contributed by atoms with van der Waals surface area (Å²) in [5.41, 5.74) is 1.90. The highest BCUT2D eigenvalue weighted by Crippen LogP contribution is 2.28. The van der Waals surface area contributed by atoms with Gasteiger partial charge >= 0.3 is 0 Å². The molecule has 2 aromatic carbocycles. The van der Waals surface area contributed by atoms with Crippen molar-refractivity contribution in [1.82, 2.24) is 10.2 Å². The lowest BCUT2D eigenvalue weighted by atomic mass is 10.0. The van der Waals surface area contributed by atoms with Gasteiger partial charge in [0.05, 0.1) is 11.9 Å². The van der Waals surface area contributed by atoms with Crippen LogP contribution in [0.4, 0.5) is 5.69 Å². The second-order valence-corrected chi connectivity index (χ2v) is 11.3. The van der Waals surface area contributed by atoms with E-state index >= 15 is 0 Å². The maximum absolute atomic E-state index is 13.6. The van der Waals surface area contributed by atoms with Crippen LogP contribution >= 0.6 is 23.2 Å². The number of anilines is 1. The molecule has 192 valence electrons. The van der Waals surface area contributed by atoms with Crippen LogP contribution in [0, 0.1) is 0 Å². The van der Waals surface area contributed by atoms with Crippen molar-refractivity contribution in [2.45, 2.75) is 52.6 Å². The highest BCUT2D eigenvalue weighted by molar-refractivity contribution is 7.92. The molecule has 0 fully saturated rings. The van der Waals surface area contributed by atoms with Gasteiger partial charge in [0.1, 0.15) is 12.6 Å². The smallest absolute Gasteiger partial charge is 0.244 e. The maximum atomic E-state index is 13.6. The number of rotatable bonds is 11. The first-order chi connectivity index (χ1) is 16.4. The molecule has 0 heterocycles. The number of amides is 2. The summed E-state index contributed by atoms with van der Waals surface area (Å²) in [6, 6.07) is 11.2. The van der Waals surface area contributed by atoms with Crippen LogP contribution in [0.1, 0.15) is 51.2 Å². The fourth-order valence-electron chi connectivity index (χ4n) is 3.70. The van der Waals surface area contributed by atoms with E-state index in [1.165, 1.54) is 4.90 Å². The average Bonchev–Trinajstić information content (AvgIpc) is 2.78. The molecule has 2 aromatic rings. The Morgan fingerprint density at radius 2 is 1.57 bits per heavy atom. The Labute approximate surface area is 218 Å². The molecule has 0 radical (unpaired) electrons. The normalized spacial score (nSPS) is 12.3. The molecule has 2 amide bonds. The maximum Gasteiger partial charge on any atom is 0.244 e. The van der Waals surface area contributed by atoms with Crippen LogP contribution in [0.3, 0.4) is 0 Å². The predicted molar refractivity (Wildman–Crippen MR) is 142 cm³/mol. The quantitative estimate of drug-likeness (QED) is 0.441. The number of halogens is 2. The molecule has 0 aliphatic rings. The van der Waals surface area contributed by atoms with Crippen molar-refractivity contribution in [3.05, 3.63) is 63.6 Å². The molecule has 0 aliphatic heterocycles. The summed E-state index contributed by atoms with van der Waals surface area (Å²) in [6.07, 6.45) is 1.37. The number of hydrogen-bond donors (Lipinski definition) is 1. The number of benzene rings is 2. The van der Waals surface area contributed by atoms with Gasteiger partial charge < -0.3 is 10.2 Å². The van der Waals surface area contributed by atoms with Crippen molar-refractivity contribution in [3.8, 4) is 0 Å². The summed E-state index contributed by atoms with van der Waals surface area (Å²) in [6.45, 7) is 7.52. The topological polar surface area (TPSA) is 86.8 Å². The van der Waals surface area contributed by atoms with Crippen molar-refractivity contribution in [2.24, 2.45) is 0 Å². The standard InChI is InChI=1S/C25H33Cl2N3O4S/c1-6-23(25(32)28-7-2)29(15-20-21(26)9-8-10-22(20)27)24(31)16-30(35(5,33)34)19-13-11-18(12-14-19)17(3)4/h8-14,17,23H,6-7,15-16H2,1-5H3,(H,28,32). The van der Waals surface area contributed by atoms with E-state index in [0.29, 0.717) is 34.3 Å². The fourth-order valence-corrected chi connectivity index (χ4v) is 5.07. The van der Waals surface area contributed by atoms with Crippen LogP contribution in [0.5, 0.6) is 0 Å². The molecule has 0 aromatic heterocycles. The first-order valence-electron chi connectivity index (χ1n) is 11.5. The van der Waals surface area contributed by atoms with Crippen molar-refractivity contribution in [3.63, 3.8) is 0 Å². The number of likely N-dealkylation sites (N-methyl/N-ethyl adjacent to an activating group) is 1. The third-order valence-electron chi connectivity index (χ3n) is 5.65. The minimum absolute atomic E-state index is 0.0448. The third-order valence-corrected chi connectivity index (χ3v) is 7.50. The SMILES string of the molecule is CCNC(=O)C(CC)N(Cc1c(Cl)cccc1Cl)C(=O)CN(c1ccc(C(C)C)cc1)S(C)(=O)=O. The Hall–Kier alpha value is -2.29. The molecule has 0 saturated heterocycles. The molecular weight excluding hydrogens is 509 g/mol. The zero-order valence-corrected chi connectivity index (χ0v) is 23.0. The lowest BCUT2D eigenvalue weighted by Crippen LogP contribution is -2.52. The zero-order valence-electron chi connectivity index (χ0n) is 20.7. The predicted octanol–water partition coefficient (Wildman–Crippen LogP) is 4.83. The Bertz CT molecular complexity index is 1120. The fraction of sp³-hybridized carbons (Fsp3) is 0.440. The van der Waals surface area contributed by atoms with Crippen LogP contribution in [0.2, 0.25) is 10.0 Å². The Morgan fingerprint density at radius 3 is 2.03 bits per heavy atom. The van der Waals surface area contributed by atoms with Gasteiger partial charge in [-0.3, -0.25) is 13.9 Å². The highest BCUT2D eigenvalue weighted by Gasteiger charge is 2.32. The van der Waals surface area contributed by atoms with Gasteiger partial charge in [0.25, 0.3) is 0 Å². The molecule has 1 unspecified atom stereocenters. The van der Waals surface area contributed by atoms with E-state index < -0.39 is 28.5 Å². The molecule has 0 bridgehead atoms. The van der Waals surface area contributed by atoms with Crippen LogP contribution in [-0.4, -0.2) is 50.5 Å². The molecule has 1 atom stereocenters. The Kier molecular flexibility index (Phi) is 10.4. The molecule has 10 heteroatoms. The number of hydrogen-bond acceptors (Lipinski definition) is 4. The van der Waals surface area contributed by atoms with Gasteiger partial charge in [-0.15, -0.1) is 0 Å². The van der Waals surface area contributed by atoms with Crippen LogP contribution in [0.15, 0.2) is 42.5 Å². The van der Waals surface area contributed by atoms with Gasteiger partial charge in [-0.05, 0) is 49.1 Å². The van der Waals surface area contributed by atoms with Crippen molar-refractivity contribution in [1.29, 1.82) is 0 Å². The van der Waals surface area contributed by atoms with Crippen molar-refractivity contribution in [2.75, 3.05) is 23.7 Å². The van der Waals surface area contributed by atoms with Crippen LogP contribution in [-0.2, 0) is 26.2 Å². The van der Waals surface area contributed by atoms with Gasteiger partial charge in [-0.1, -0.05) is 62.2 Å². The van der Waals surface area contributed by atoms with Crippen molar-refractivity contribution < 1.29 is 18.0 Å². The molecular formula is C25H33Cl2N3O4S.